The summed E-state index contributed by atoms with van der Waals surface area (Å²) in [5.74, 6) is 0.375. The van der Waals surface area contributed by atoms with Gasteiger partial charge in [-0.3, -0.25) is 14.5 Å². The fourth-order valence-electron chi connectivity index (χ4n) is 4.39. The van der Waals surface area contributed by atoms with E-state index in [1.54, 1.807) is 19.1 Å². The molecule has 142 valence electrons. The summed E-state index contributed by atoms with van der Waals surface area (Å²) in [6.07, 6.45) is 5.06. The molecule has 1 aromatic rings. The van der Waals surface area contributed by atoms with Crippen LogP contribution in [0.1, 0.15) is 37.7 Å². The molecular weight excluding hydrogens is 332 g/mol. The van der Waals surface area contributed by atoms with E-state index in [1.165, 1.54) is 6.42 Å². The Morgan fingerprint density at radius 3 is 2.58 bits per heavy atom. The van der Waals surface area contributed by atoms with Crippen LogP contribution in [0.15, 0.2) is 24.3 Å². The lowest BCUT2D eigenvalue weighted by atomic mass is 9.85. The first-order valence-electron chi connectivity index (χ1n) is 9.35. The monoisotopic (exact) mass is 360 g/mol. The van der Waals surface area contributed by atoms with Gasteiger partial charge in [-0.2, -0.15) is 0 Å². The van der Waals surface area contributed by atoms with Crippen molar-refractivity contribution < 1.29 is 19.4 Å². The van der Waals surface area contributed by atoms with Gasteiger partial charge in [0, 0.05) is 19.6 Å². The van der Waals surface area contributed by atoms with Gasteiger partial charge in [0.05, 0.1) is 13.7 Å². The lowest BCUT2D eigenvalue weighted by Gasteiger charge is -2.33. The standard InChI is InChI=1S/C20H28N2O4/c1-21(12-14-7-9-16(26-2)10-8-14)19(23)13-22-17-6-4-3-5-15(17)11-18(22)20(24)25/h7-10,15,17-18H,3-6,11-13H2,1-2H3,(H,24,25). The summed E-state index contributed by atoms with van der Waals surface area (Å²) in [5.41, 5.74) is 1.02. The number of carbonyl (C=O) groups excluding carboxylic acids is 1. The molecule has 1 saturated carbocycles. The fraction of sp³-hybridized carbons (Fsp3) is 0.600. The number of carboxylic acid groups (broad SMARTS) is 1. The molecule has 0 radical (unpaired) electrons. The van der Waals surface area contributed by atoms with Crippen molar-refractivity contribution in [1.29, 1.82) is 0 Å². The Labute approximate surface area is 154 Å². The number of hydrogen-bond acceptors (Lipinski definition) is 4. The Kier molecular flexibility index (Phi) is 5.81. The number of methoxy groups -OCH3 is 1. The SMILES string of the molecule is COc1ccc(CN(C)C(=O)CN2C(C(=O)O)CC3CCCCC32)cc1. The molecule has 2 fully saturated rings. The molecule has 1 aromatic carbocycles. The number of carbonyl (C=O) groups is 2. The van der Waals surface area contributed by atoms with Gasteiger partial charge in [0.2, 0.25) is 5.91 Å². The summed E-state index contributed by atoms with van der Waals surface area (Å²) in [5, 5.41) is 9.59. The first-order valence-corrected chi connectivity index (χ1v) is 9.35. The minimum atomic E-state index is -0.801. The minimum Gasteiger partial charge on any atom is -0.497 e. The van der Waals surface area contributed by atoms with Gasteiger partial charge in [-0.15, -0.1) is 0 Å². The van der Waals surface area contributed by atoms with Crippen molar-refractivity contribution in [2.75, 3.05) is 20.7 Å². The fourth-order valence-corrected chi connectivity index (χ4v) is 4.39. The minimum absolute atomic E-state index is 0.0294. The van der Waals surface area contributed by atoms with Gasteiger partial charge in [0.1, 0.15) is 11.8 Å². The Bertz CT molecular complexity index is 646. The first-order chi connectivity index (χ1) is 12.5. The zero-order valence-electron chi connectivity index (χ0n) is 15.6. The molecule has 1 aliphatic carbocycles. The molecule has 3 atom stereocenters. The van der Waals surface area contributed by atoms with Crippen LogP contribution in [-0.2, 0) is 16.1 Å². The molecule has 1 heterocycles. The van der Waals surface area contributed by atoms with E-state index in [2.05, 4.69) is 0 Å². The van der Waals surface area contributed by atoms with Crippen LogP contribution < -0.4 is 4.74 Å². The summed E-state index contributed by atoms with van der Waals surface area (Å²) < 4.78 is 5.15. The Balaban J connectivity index is 1.63. The Morgan fingerprint density at radius 2 is 1.92 bits per heavy atom. The topological polar surface area (TPSA) is 70.1 Å². The predicted octanol–water partition coefficient (Wildman–Crippen LogP) is 2.37. The van der Waals surface area contributed by atoms with Crippen LogP contribution in [0.3, 0.4) is 0 Å². The molecule has 3 rings (SSSR count). The van der Waals surface area contributed by atoms with Gasteiger partial charge < -0.3 is 14.7 Å². The van der Waals surface area contributed by atoms with E-state index >= 15 is 0 Å². The third-order valence-corrected chi connectivity index (χ3v) is 5.83. The number of likely N-dealkylation sites (tertiary alicyclic amines) is 1. The number of hydrogen-bond donors (Lipinski definition) is 1. The Hall–Kier alpha value is -2.08. The molecule has 1 amide bonds. The average Bonchev–Trinajstić information content (AvgIpc) is 3.01. The van der Waals surface area contributed by atoms with E-state index in [0.29, 0.717) is 18.9 Å². The number of amides is 1. The van der Waals surface area contributed by atoms with Crippen molar-refractivity contribution in [3.63, 3.8) is 0 Å². The third kappa shape index (κ3) is 4.01. The number of likely N-dealkylation sites (N-methyl/N-ethyl adjacent to an activating group) is 1. The first kappa shape index (κ1) is 18.7. The molecule has 0 bridgehead atoms. The van der Waals surface area contributed by atoms with Gasteiger partial charge in [0.25, 0.3) is 0 Å². The van der Waals surface area contributed by atoms with Crippen molar-refractivity contribution in [1.82, 2.24) is 9.80 Å². The van der Waals surface area contributed by atoms with Crippen LogP contribution in [0.5, 0.6) is 5.75 Å². The number of aliphatic carboxylic acids is 1. The number of carboxylic acids is 1. The van der Waals surface area contributed by atoms with Gasteiger partial charge in [-0.05, 0) is 42.9 Å². The van der Waals surface area contributed by atoms with Crippen LogP contribution in [0.2, 0.25) is 0 Å². The number of fused-ring (bicyclic) bond motifs is 1. The highest BCUT2D eigenvalue weighted by molar-refractivity contribution is 5.80. The molecular formula is C20H28N2O4. The predicted molar refractivity (Wildman–Crippen MR) is 98.0 cm³/mol. The number of ether oxygens (including phenoxy) is 1. The zero-order valence-corrected chi connectivity index (χ0v) is 15.6. The van der Waals surface area contributed by atoms with Gasteiger partial charge in [-0.1, -0.05) is 25.0 Å². The van der Waals surface area contributed by atoms with Gasteiger partial charge in [-0.25, -0.2) is 0 Å². The second-order valence-corrected chi connectivity index (χ2v) is 7.47. The molecule has 26 heavy (non-hydrogen) atoms. The van der Waals surface area contributed by atoms with E-state index in [0.717, 1.165) is 30.6 Å². The van der Waals surface area contributed by atoms with Gasteiger partial charge >= 0.3 is 5.97 Å². The lowest BCUT2D eigenvalue weighted by Crippen LogP contribution is -2.47. The van der Waals surface area contributed by atoms with Crippen molar-refractivity contribution in [2.24, 2.45) is 5.92 Å². The molecule has 6 nitrogen and oxygen atoms in total. The normalized spacial score (nSPS) is 25.5. The maximum absolute atomic E-state index is 12.7. The highest BCUT2D eigenvalue weighted by Crippen LogP contribution is 2.39. The zero-order chi connectivity index (χ0) is 18.7. The molecule has 1 saturated heterocycles. The maximum Gasteiger partial charge on any atom is 0.320 e. The molecule has 3 unspecified atom stereocenters. The summed E-state index contributed by atoms with van der Waals surface area (Å²) in [6, 6.07) is 7.35. The van der Waals surface area contributed by atoms with Gasteiger partial charge in [0.15, 0.2) is 0 Å². The molecule has 2 aliphatic rings. The number of rotatable bonds is 6. The third-order valence-electron chi connectivity index (χ3n) is 5.83. The van der Waals surface area contributed by atoms with E-state index in [-0.39, 0.29) is 18.5 Å². The average molecular weight is 360 g/mol. The van der Waals surface area contributed by atoms with Crippen LogP contribution in [-0.4, -0.2) is 59.6 Å². The second kappa shape index (κ2) is 8.08. The van der Waals surface area contributed by atoms with E-state index in [4.69, 9.17) is 4.74 Å². The van der Waals surface area contributed by atoms with Crippen molar-refractivity contribution >= 4 is 11.9 Å². The number of nitrogens with zero attached hydrogens (tertiary/aromatic N) is 2. The molecule has 6 heteroatoms. The molecule has 1 N–H and O–H groups in total. The van der Waals surface area contributed by atoms with Crippen molar-refractivity contribution in [2.45, 2.75) is 50.7 Å². The highest BCUT2D eigenvalue weighted by Gasteiger charge is 2.45. The molecule has 0 aromatic heterocycles. The van der Waals surface area contributed by atoms with Crippen LogP contribution >= 0.6 is 0 Å². The largest absolute Gasteiger partial charge is 0.497 e. The number of benzene rings is 1. The van der Waals surface area contributed by atoms with Crippen LogP contribution in [0.25, 0.3) is 0 Å². The summed E-state index contributed by atoms with van der Waals surface area (Å²) >= 11 is 0. The maximum atomic E-state index is 12.7. The molecule has 1 aliphatic heterocycles. The Morgan fingerprint density at radius 1 is 1.23 bits per heavy atom. The van der Waals surface area contributed by atoms with E-state index in [1.807, 2.05) is 29.2 Å². The molecule has 0 spiro atoms. The second-order valence-electron chi connectivity index (χ2n) is 7.47. The highest BCUT2D eigenvalue weighted by atomic mass is 16.5. The van der Waals surface area contributed by atoms with Crippen LogP contribution in [0.4, 0.5) is 0 Å². The summed E-state index contributed by atoms with van der Waals surface area (Å²) in [7, 11) is 3.40. The van der Waals surface area contributed by atoms with E-state index in [9.17, 15) is 14.7 Å². The van der Waals surface area contributed by atoms with E-state index < -0.39 is 12.0 Å². The summed E-state index contributed by atoms with van der Waals surface area (Å²) in [6.45, 7) is 0.688. The lowest BCUT2D eigenvalue weighted by molar-refractivity contribution is -0.144. The summed E-state index contributed by atoms with van der Waals surface area (Å²) in [4.78, 5) is 28.0. The van der Waals surface area contributed by atoms with Crippen molar-refractivity contribution in [3.05, 3.63) is 29.8 Å². The smallest absolute Gasteiger partial charge is 0.320 e. The quantitative estimate of drug-likeness (QED) is 0.843. The van der Waals surface area contributed by atoms with Crippen molar-refractivity contribution in [3.8, 4) is 5.75 Å². The van der Waals surface area contributed by atoms with Crippen LogP contribution in [0, 0.1) is 5.92 Å².